The summed E-state index contributed by atoms with van der Waals surface area (Å²) in [6.45, 7) is 12.2. The molecule has 0 aromatic carbocycles. The summed E-state index contributed by atoms with van der Waals surface area (Å²) in [5.74, 6) is -4.51. The molecule has 0 bridgehead atoms. The smallest absolute Gasteiger partial charge is 0.236 e. The van der Waals surface area contributed by atoms with Crippen LogP contribution in [-0.2, 0) is 52.5 Å². The SMILES string of the molecule is CO.[3H]N(CCCC[C@H]1O[C@H](CC)[C@H](O)[C@H](O)[C@H]1NC(C)=O)CC(=O)N(CCCC[C@@H]1O[C@@H](CC)[C@@H](O)[C@@H](O)[C@@H]1NC(C)=O)CC(=O)C(CCCC[C@H]1O[C@H](CC)[C@H](O)[C@H](O)[C@H]1NC(C)=O)COCNCNC(=O)C(CC)CC(C)C(N)=O. The van der Waals surface area contributed by atoms with Crippen molar-refractivity contribution in [2.45, 2.75) is 243 Å². The number of nitrogens with one attached hydrogen (secondary N) is 6. The second kappa shape index (κ2) is 39.6. The van der Waals surface area contributed by atoms with Crippen LogP contribution >= 0.6 is 0 Å². The first-order valence-electron chi connectivity index (χ1n) is 30.0. The van der Waals surface area contributed by atoms with Crippen LogP contribution in [0.15, 0.2) is 0 Å². The fourth-order valence-corrected chi connectivity index (χ4v) is 10.9. The predicted molar refractivity (Wildman–Crippen MR) is 302 cm³/mol. The van der Waals surface area contributed by atoms with Gasteiger partial charge in [-0.25, -0.2) is 0 Å². The van der Waals surface area contributed by atoms with Gasteiger partial charge in [-0.05, 0) is 90.0 Å². The Kier molecular flexibility index (Phi) is 34.8. The van der Waals surface area contributed by atoms with Gasteiger partial charge in [0.25, 0.3) is 0 Å². The van der Waals surface area contributed by atoms with Gasteiger partial charge in [-0.3, -0.25) is 38.9 Å². The van der Waals surface area contributed by atoms with Crippen molar-refractivity contribution in [2.24, 2.45) is 23.5 Å². The monoisotopic (exact) mass is 1180 g/mol. The van der Waals surface area contributed by atoms with Crippen molar-refractivity contribution >= 4 is 41.2 Å². The lowest BCUT2D eigenvalue weighted by Gasteiger charge is -2.43. The van der Waals surface area contributed by atoms with Crippen molar-refractivity contribution in [1.82, 2.24) is 36.8 Å². The zero-order chi connectivity index (χ0) is 62.5. The Labute approximate surface area is 486 Å². The highest BCUT2D eigenvalue weighted by Crippen LogP contribution is 2.30. The van der Waals surface area contributed by atoms with Crippen LogP contribution in [0.3, 0.4) is 0 Å². The Morgan fingerprint density at radius 3 is 1.48 bits per heavy atom. The van der Waals surface area contributed by atoms with Crippen LogP contribution in [-0.4, -0.2) is 227 Å². The summed E-state index contributed by atoms with van der Waals surface area (Å²) in [4.78, 5) is 91.1. The topological polar surface area (TPSA) is 399 Å². The average Bonchev–Trinajstić information content (AvgIpc) is 3.65. The van der Waals surface area contributed by atoms with Gasteiger partial charge >= 0.3 is 0 Å². The number of hydrogen-bond acceptors (Lipinski definition) is 20. The molecule has 26 heteroatoms. The van der Waals surface area contributed by atoms with Crippen molar-refractivity contribution in [2.75, 3.05) is 53.3 Å². The number of rotatable bonds is 37. The summed E-state index contributed by atoms with van der Waals surface area (Å²) >= 11 is 0. The summed E-state index contributed by atoms with van der Waals surface area (Å²) in [7, 11) is 1.00. The van der Waals surface area contributed by atoms with Gasteiger partial charge in [0.15, 0.2) is 5.78 Å². The van der Waals surface area contributed by atoms with Gasteiger partial charge in [-0.15, -0.1) is 0 Å². The van der Waals surface area contributed by atoms with Crippen molar-refractivity contribution < 1.29 is 89.7 Å². The molecule has 3 aliphatic heterocycles. The number of hydrogen-bond donors (Lipinski definition) is 14. The van der Waals surface area contributed by atoms with E-state index in [2.05, 4.69) is 26.6 Å². The molecule has 0 aromatic rings. The molecule has 3 aliphatic rings. The van der Waals surface area contributed by atoms with Crippen LogP contribution in [0.25, 0.3) is 0 Å². The van der Waals surface area contributed by atoms with Crippen molar-refractivity contribution in [1.29, 1.82) is 0 Å². The number of ether oxygens (including phenoxy) is 4. The van der Waals surface area contributed by atoms with Crippen LogP contribution < -0.4 is 37.6 Å². The molecule has 3 fully saturated rings. The highest BCUT2D eigenvalue weighted by atomic mass is 16.5. The van der Waals surface area contributed by atoms with Crippen molar-refractivity contribution in [3.05, 3.63) is 0 Å². The first-order chi connectivity index (χ1) is 39.4. The lowest BCUT2D eigenvalue weighted by molar-refractivity contribution is -0.188. The van der Waals surface area contributed by atoms with Crippen LogP contribution in [0.5, 0.6) is 0 Å². The molecule has 3 rings (SSSR count). The number of ketones is 1. The van der Waals surface area contributed by atoms with E-state index in [1.54, 1.807) is 6.92 Å². The molecule has 82 heavy (non-hydrogen) atoms. The Morgan fingerprint density at radius 2 is 1.06 bits per heavy atom. The Bertz CT molecular complexity index is 1950. The number of carbonyl (C=O) groups is 7. The highest BCUT2D eigenvalue weighted by Gasteiger charge is 2.46. The number of unbranched alkanes of at least 4 members (excludes halogenated alkanes) is 3. The third-order valence-corrected chi connectivity index (χ3v) is 15.7. The molecule has 3 unspecified atom stereocenters. The number of primary amides is 1. The van der Waals surface area contributed by atoms with Crippen LogP contribution in [0.4, 0.5) is 0 Å². The molecule has 0 saturated carbocycles. The quantitative estimate of drug-likeness (QED) is 0.0248. The molecule has 0 radical (unpaired) electrons. The van der Waals surface area contributed by atoms with E-state index < -0.39 is 139 Å². The normalized spacial score (nSPS) is 29.4. The number of carbonyl (C=O) groups excluding carboxylic acids is 7. The summed E-state index contributed by atoms with van der Waals surface area (Å²) < 4.78 is 33.2. The third kappa shape index (κ3) is 24.5. The Morgan fingerprint density at radius 1 is 0.622 bits per heavy atom. The molecule has 15 N–H and O–H groups in total. The van der Waals surface area contributed by atoms with Gasteiger partial charge in [0.05, 0.1) is 87.8 Å². The van der Waals surface area contributed by atoms with Gasteiger partial charge < -0.3 is 91.9 Å². The largest absolute Gasteiger partial charge is 0.400 e. The average molecular weight is 1180 g/mol. The van der Waals surface area contributed by atoms with Gasteiger partial charge in [0.1, 0.15) is 38.0 Å². The van der Waals surface area contributed by atoms with Crippen LogP contribution in [0.1, 0.15) is 152 Å². The molecule has 18 atom stereocenters. The minimum atomic E-state index is -1.29. The van der Waals surface area contributed by atoms with Gasteiger partial charge in [-0.1, -0.05) is 47.5 Å². The molecular formula is C56H104N8O18. The summed E-state index contributed by atoms with van der Waals surface area (Å²) in [6, 6.07) is -2.62. The predicted octanol–water partition coefficient (Wildman–Crippen LogP) is -1.51. The molecule has 26 nitrogen and oxygen atoms in total. The van der Waals surface area contributed by atoms with E-state index in [0.29, 0.717) is 89.9 Å². The minimum Gasteiger partial charge on any atom is -0.400 e. The molecule has 3 heterocycles. The number of amides is 6. The van der Waals surface area contributed by atoms with Gasteiger partial charge in [0, 0.05) is 52.2 Å². The highest BCUT2D eigenvalue weighted by molar-refractivity contribution is 5.88. The molecular weight excluding hydrogens is 1070 g/mol. The summed E-state index contributed by atoms with van der Waals surface area (Å²) in [6.07, 6.45) is -5.30. The fourth-order valence-electron chi connectivity index (χ4n) is 10.9. The van der Waals surface area contributed by atoms with Crippen molar-refractivity contribution in [3.8, 4) is 0 Å². The van der Waals surface area contributed by atoms with E-state index in [-0.39, 0.29) is 64.3 Å². The lowest BCUT2D eigenvalue weighted by Crippen LogP contribution is -2.63. The van der Waals surface area contributed by atoms with Gasteiger partial charge in [0.2, 0.25) is 35.4 Å². The fraction of sp³-hybridized carbons (Fsp3) is 0.875. The molecule has 6 amide bonds. The maximum atomic E-state index is 14.6. The second-order valence-electron chi connectivity index (χ2n) is 22.0. The first kappa shape index (κ1) is 72.2. The summed E-state index contributed by atoms with van der Waals surface area (Å²) in [5.41, 5.74) is 5.42. The number of Topliss-reactive ketones (excluding diaryl/α,β-unsaturated/α-hetero) is 1. The second-order valence-corrected chi connectivity index (χ2v) is 22.0. The zero-order valence-corrected chi connectivity index (χ0v) is 50.0. The Balaban J connectivity index is 0.0000116. The summed E-state index contributed by atoms with van der Waals surface area (Å²) in [5, 5.41) is 86.7. The Hall–Kier alpha value is -4.03. The first-order valence-corrected chi connectivity index (χ1v) is 29.6. The van der Waals surface area contributed by atoms with E-state index in [1.807, 2.05) is 27.7 Å². The molecule has 476 valence electrons. The maximum absolute atomic E-state index is 14.6. The number of nitrogens with two attached hydrogens (primary N) is 1. The van der Waals surface area contributed by atoms with Crippen LogP contribution in [0, 0.1) is 17.8 Å². The third-order valence-electron chi connectivity index (χ3n) is 15.7. The van der Waals surface area contributed by atoms with E-state index in [9.17, 15) is 64.2 Å². The number of aliphatic hydroxyl groups is 7. The number of nitrogens with zero attached hydrogens (tertiary/aromatic N) is 1. The molecule has 0 aromatic heterocycles. The number of aliphatic hydroxyl groups excluding tert-OH is 7. The van der Waals surface area contributed by atoms with Crippen molar-refractivity contribution in [3.63, 3.8) is 0 Å². The van der Waals surface area contributed by atoms with E-state index in [0.717, 1.165) is 12.4 Å². The lowest BCUT2D eigenvalue weighted by atomic mass is 9.88. The molecule has 3 saturated heterocycles. The van der Waals surface area contributed by atoms with E-state index in [1.165, 1.54) is 25.7 Å². The van der Waals surface area contributed by atoms with Gasteiger partial charge in [-0.2, -0.15) is 0 Å². The minimum absolute atomic E-state index is 0.0234. The maximum Gasteiger partial charge on any atom is 0.236 e. The van der Waals surface area contributed by atoms with Crippen LogP contribution in [0.2, 0.25) is 1.41 Å². The van der Waals surface area contributed by atoms with E-state index in [4.69, 9.17) is 31.2 Å². The standard InChI is InChI=1S/C55H100N8O17.CH4O/c1-9-35(25-31(5)54(56)75)55(76)59-29-58-30-77-28-36(19-13-14-20-41-45(60-32(6)64)51(72)48(69)38(10-2)78-41)37(67)27-63(24-18-16-22-43-47(62-34(8)66)53(74)50(71)40(12-4)80-43)44(68)26-57-23-17-15-21-42-46(61-33(7)65)52(73)49(70)39(11-3)79-42;1-2/h31,35-36,38-43,45-53,57-58,69-74H,9-30H2,1-8H3,(H2,56,75)(H,59,76)(H,60,64)(H,61,65)(H,62,66);2H,1H3/t31?,35?,36?,38-,39-,40+,41-,42-,43+,45+,46+,47-,48+,49+,50-,51-,52-,53+;/m1./s1/i/hT. The molecule has 0 aliphatic carbocycles. The molecule has 0 spiro atoms. The van der Waals surface area contributed by atoms with E-state index >= 15 is 0 Å². The zero-order valence-electron chi connectivity index (χ0n) is 51.0.